The van der Waals surface area contributed by atoms with E-state index in [0.29, 0.717) is 11.4 Å². The summed E-state index contributed by atoms with van der Waals surface area (Å²) in [5.41, 5.74) is 2.03. The number of sulfonamides is 1. The molecule has 7 heteroatoms. The third-order valence-electron chi connectivity index (χ3n) is 4.76. The Hall–Kier alpha value is -2.90. The number of hydrogen-bond donors (Lipinski definition) is 0. The van der Waals surface area contributed by atoms with E-state index in [9.17, 15) is 8.42 Å². The highest BCUT2D eigenvalue weighted by atomic mass is 32.2. The molecule has 0 saturated heterocycles. The van der Waals surface area contributed by atoms with Crippen LogP contribution in [0.25, 0.3) is 10.6 Å². The lowest BCUT2D eigenvalue weighted by molar-refractivity contribution is 0.532. The molecule has 5 nitrogen and oxygen atoms in total. The molecule has 2 aromatic carbocycles. The van der Waals surface area contributed by atoms with Crippen molar-refractivity contribution in [3.63, 3.8) is 0 Å². The number of para-hydroxylation sites is 1. The molecule has 0 fully saturated rings. The summed E-state index contributed by atoms with van der Waals surface area (Å²) in [6, 6.07) is 22.7. The molecule has 0 aliphatic carbocycles. The van der Waals surface area contributed by atoms with Crippen LogP contribution in [0.3, 0.4) is 0 Å². The van der Waals surface area contributed by atoms with Gasteiger partial charge in [-0.15, -0.1) is 11.3 Å². The summed E-state index contributed by atoms with van der Waals surface area (Å²) in [6.07, 6.45) is 1.65. The van der Waals surface area contributed by atoms with E-state index in [2.05, 4.69) is 5.10 Å². The summed E-state index contributed by atoms with van der Waals surface area (Å²) in [6.45, 7) is 4.21. The molecule has 154 valence electrons. The molecular weight excluding hydrogens is 414 g/mol. The zero-order chi connectivity index (χ0) is 21.1. The van der Waals surface area contributed by atoms with Crippen molar-refractivity contribution in [2.75, 3.05) is 4.31 Å². The molecule has 0 unspecified atom stereocenters. The molecule has 0 amide bonds. The van der Waals surface area contributed by atoms with Gasteiger partial charge in [0.25, 0.3) is 10.0 Å². The summed E-state index contributed by atoms with van der Waals surface area (Å²) in [5.74, 6) is 0. The van der Waals surface area contributed by atoms with Gasteiger partial charge in [0.15, 0.2) is 0 Å². The van der Waals surface area contributed by atoms with E-state index in [1.165, 1.54) is 15.6 Å². The Balaban J connectivity index is 1.87. The molecule has 4 rings (SSSR count). The van der Waals surface area contributed by atoms with Crippen molar-refractivity contribution in [1.29, 1.82) is 0 Å². The fraction of sp³-hybridized carbons (Fsp3) is 0.174. The van der Waals surface area contributed by atoms with Gasteiger partial charge in [0.2, 0.25) is 0 Å². The number of aromatic nitrogens is 2. The van der Waals surface area contributed by atoms with Crippen LogP contribution in [0.4, 0.5) is 5.69 Å². The number of hydrogen-bond acceptors (Lipinski definition) is 4. The lowest BCUT2D eigenvalue weighted by Crippen LogP contribution is -2.30. The Bertz CT molecular complexity index is 1200. The van der Waals surface area contributed by atoms with Crippen LogP contribution in [0.15, 0.2) is 89.3 Å². The molecule has 2 heterocycles. The molecule has 0 saturated carbocycles. The van der Waals surface area contributed by atoms with Crippen molar-refractivity contribution >= 4 is 27.0 Å². The smallest absolute Gasteiger partial charge is 0.268 e. The lowest BCUT2D eigenvalue weighted by Gasteiger charge is -2.24. The summed E-state index contributed by atoms with van der Waals surface area (Å²) >= 11 is 1.48. The topological polar surface area (TPSA) is 55.2 Å². The molecule has 0 aliphatic heterocycles. The minimum atomic E-state index is -3.87. The molecule has 0 spiro atoms. The van der Waals surface area contributed by atoms with Crippen LogP contribution < -0.4 is 4.31 Å². The maximum Gasteiger partial charge on any atom is 0.268 e. The molecule has 0 radical (unpaired) electrons. The second-order valence-electron chi connectivity index (χ2n) is 7.23. The van der Waals surface area contributed by atoms with Crippen LogP contribution in [0.1, 0.15) is 25.5 Å². The van der Waals surface area contributed by atoms with Gasteiger partial charge in [0.1, 0.15) is 10.6 Å². The average molecular weight is 438 g/mol. The Morgan fingerprint density at radius 3 is 2.23 bits per heavy atom. The number of thiophene rings is 1. The first-order valence-corrected chi connectivity index (χ1v) is 12.0. The Kier molecular flexibility index (Phi) is 5.74. The predicted octanol–water partition coefficient (Wildman–Crippen LogP) is 5.59. The normalized spacial score (nSPS) is 11.7. The number of rotatable bonds is 7. The third-order valence-corrected chi connectivity index (χ3v) is 7.41. The first-order valence-electron chi connectivity index (χ1n) is 9.71. The van der Waals surface area contributed by atoms with E-state index in [4.69, 9.17) is 0 Å². The zero-order valence-corrected chi connectivity index (χ0v) is 18.5. The van der Waals surface area contributed by atoms with Crippen LogP contribution in [0, 0.1) is 0 Å². The lowest BCUT2D eigenvalue weighted by atomic mass is 10.2. The van der Waals surface area contributed by atoms with E-state index in [0.717, 1.165) is 10.4 Å². The van der Waals surface area contributed by atoms with Crippen LogP contribution in [0.5, 0.6) is 0 Å². The van der Waals surface area contributed by atoms with Gasteiger partial charge in [-0.1, -0.05) is 54.6 Å². The van der Waals surface area contributed by atoms with E-state index in [-0.39, 0.29) is 17.5 Å². The second kappa shape index (κ2) is 8.45. The minimum Gasteiger partial charge on any atom is -0.268 e. The Morgan fingerprint density at radius 1 is 0.967 bits per heavy atom. The van der Waals surface area contributed by atoms with Gasteiger partial charge < -0.3 is 0 Å². The number of benzene rings is 2. The first-order chi connectivity index (χ1) is 14.5. The van der Waals surface area contributed by atoms with Gasteiger partial charge in [-0.05, 0) is 43.0 Å². The number of anilines is 1. The minimum absolute atomic E-state index is 0.0481. The van der Waals surface area contributed by atoms with E-state index < -0.39 is 10.0 Å². The standard InChI is InChI=1S/C23H23N3O2S2/c1-18(2)25-17-22(23(24-25)21-14-9-15-29-21)30(27,28)26(20-12-7-4-8-13-20)16-19-10-5-3-6-11-19/h3-15,17-18H,16H2,1-2H3. The zero-order valence-electron chi connectivity index (χ0n) is 16.8. The van der Waals surface area contributed by atoms with Gasteiger partial charge in [-0.25, -0.2) is 8.42 Å². The van der Waals surface area contributed by atoms with Crippen molar-refractivity contribution in [3.05, 3.63) is 89.9 Å². The molecule has 2 aromatic heterocycles. The van der Waals surface area contributed by atoms with E-state index in [1.807, 2.05) is 92.0 Å². The Labute approximate surface area is 181 Å². The van der Waals surface area contributed by atoms with Gasteiger partial charge >= 0.3 is 0 Å². The summed E-state index contributed by atoms with van der Waals surface area (Å²) in [4.78, 5) is 1.05. The monoisotopic (exact) mass is 437 g/mol. The van der Waals surface area contributed by atoms with Crippen molar-refractivity contribution < 1.29 is 8.42 Å². The maximum atomic E-state index is 14.0. The highest BCUT2D eigenvalue weighted by Crippen LogP contribution is 2.34. The fourth-order valence-corrected chi connectivity index (χ4v) is 5.57. The van der Waals surface area contributed by atoms with Gasteiger partial charge in [0, 0.05) is 12.2 Å². The van der Waals surface area contributed by atoms with E-state index >= 15 is 0 Å². The van der Waals surface area contributed by atoms with E-state index in [1.54, 1.807) is 10.9 Å². The summed E-state index contributed by atoms with van der Waals surface area (Å²) < 4.78 is 31.1. The average Bonchev–Trinajstić information content (AvgIpc) is 3.43. The second-order valence-corrected chi connectivity index (χ2v) is 10.0. The van der Waals surface area contributed by atoms with Gasteiger partial charge in [0.05, 0.1) is 17.1 Å². The highest BCUT2D eigenvalue weighted by Gasteiger charge is 2.31. The van der Waals surface area contributed by atoms with Crippen molar-refractivity contribution in [2.24, 2.45) is 0 Å². The molecule has 0 atom stereocenters. The highest BCUT2D eigenvalue weighted by molar-refractivity contribution is 7.93. The van der Waals surface area contributed by atoms with Crippen molar-refractivity contribution in [2.45, 2.75) is 31.3 Å². The predicted molar refractivity (Wildman–Crippen MR) is 122 cm³/mol. The van der Waals surface area contributed by atoms with Crippen molar-refractivity contribution in [1.82, 2.24) is 9.78 Å². The fourth-order valence-electron chi connectivity index (χ4n) is 3.19. The summed E-state index contributed by atoms with van der Waals surface area (Å²) in [5, 5.41) is 6.55. The molecule has 4 aromatic rings. The first kappa shape index (κ1) is 20.4. The third kappa shape index (κ3) is 4.04. The molecule has 0 N–H and O–H groups in total. The SMILES string of the molecule is CC(C)n1cc(S(=O)(=O)N(Cc2ccccc2)c2ccccc2)c(-c2cccs2)n1. The maximum absolute atomic E-state index is 14.0. The quantitative estimate of drug-likeness (QED) is 0.379. The Morgan fingerprint density at radius 2 is 1.63 bits per heavy atom. The molecule has 30 heavy (non-hydrogen) atoms. The van der Waals surface area contributed by atoms with Crippen LogP contribution in [-0.2, 0) is 16.6 Å². The van der Waals surface area contributed by atoms with Gasteiger partial charge in [-0.2, -0.15) is 5.10 Å². The van der Waals surface area contributed by atoms with Crippen LogP contribution in [0.2, 0.25) is 0 Å². The summed E-state index contributed by atoms with van der Waals surface area (Å²) in [7, 11) is -3.87. The van der Waals surface area contributed by atoms with Gasteiger partial charge in [-0.3, -0.25) is 8.99 Å². The molecular formula is C23H23N3O2S2. The van der Waals surface area contributed by atoms with Crippen molar-refractivity contribution in [3.8, 4) is 10.6 Å². The number of nitrogens with zero attached hydrogens (tertiary/aromatic N) is 3. The molecule has 0 bridgehead atoms. The van der Waals surface area contributed by atoms with Crippen LogP contribution >= 0.6 is 11.3 Å². The largest absolute Gasteiger partial charge is 0.268 e. The van der Waals surface area contributed by atoms with Crippen LogP contribution in [-0.4, -0.2) is 18.2 Å². The molecule has 0 aliphatic rings.